The molecule has 0 aliphatic rings. The van der Waals surface area contributed by atoms with Crippen LogP contribution in [0.4, 0.5) is 11.4 Å². The molecular formula is C21H29N2O5PS. The Bertz CT molecular complexity index is 904. The number of nitro benzene ring substituents is 1. The van der Waals surface area contributed by atoms with E-state index in [-0.39, 0.29) is 17.9 Å². The van der Waals surface area contributed by atoms with Crippen LogP contribution < -0.4 is 5.32 Å². The summed E-state index contributed by atoms with van der Waals surface area (Å²) in [5.74, 6) is -0.833. The Hall–Kier alpha value is -1.86. The Morgan fingerprint density at radius 2 is 1.60 bits per heavy atom. The normalized spacial score (nSPS) is 12.9. The Morgan fingerprint density at radius 1 is 1.03 bits per heavy atom. The van der Waals surface area contributed by atoms with Crippen molar-refractivity contribution in [1.29, 1.82) is 0 Å². The van der Waals surface area contributed by atoms with Crippen molar-refractivity contribution in [3.63, 3.8) is 0 Å². The molecular weight excluding hydrogens is 423 g/mol. The Labute approximate surface area is 182 Å². The van der Waals surface area contributed by atoms with E-state index in [2.05, 4.69) is 5.32 Å². The van der Waals surface area contributed by atoms with E-state index < -0.39 is 18.3 Å². The number of anilines is 1. The van der Waals surface area contributed by atoms with Gasteiger partial charge in [0.05, 0.1) is 17.1 Å². The molecule has 0 saturated carbocycles. The van der Waals surface area contributed by atoms with E-state index >= 15 is 0 Å². The molecule has 1 unspecified atom stereocenters. The fourth-order valence-electron chi connectivity index (χ4n) is 2.92. The van der Waals surface area contributed by atoms with Crippen LogP contribution in [0.1, 0.15) is 44.6 Å². The second kappa shape index (κ2) is 10.4. The highest BCUT2D eigenvalue weighted by atomic mass is 32.2. The van der Waals surface area contributed by atoms with Crippen molar-refractivity contribution in [3.8, 4) is 0 Å². The van der Waals surface area contributed by atoms with E-state index in [1.807, 2.05) is 30.5 Å². The maximum Gasteiger partial charge on any atom is 0.357 e. The van der Waals surface area contributed by atoms with Crippen LogP contribution in [0.15, 0.2) is 47.4 Å². The lowest BCUT2D eigenvalue weighted by Crippen LogP contribution is -2.19. The van der Waals surface area contributed by atoms with Crippen molar-refractivity contribution in [3.05, 3.63) is 63.7 Å². The van der Waals surface area contributed by atoms with Gasteiger partial charge in [-0.2, -0.15) is 0 Å². The molecule has 1 atom stereocenters. The number of nitro groups is 1. The van der Waals surface area contributed by atoms with Gasteiger partial charge >= 0.3 is 7.60 Å². The smallest absolute Gasteiger partial charge is 0.357 e. The summed E-state index contributed by atoms with van der Waals surface area (Å²) in [6, 6.07) is 12.4. The fraction of sp³-hybridized carbons (Fsp3) is 0.429. The predicted molar refractivity (Wildman–Crippen MR) is 122 cm³/mol. The molecule has 1 N–H and O–H groups in total. The molecule has 0 radical (unpaired) electrons. The maximum absolute atomic E-state index is 13.9. The van der Waals surface area contributed by atoms with Crippen molar-refractivity contribution >= 4 is 30.7 Å². The van der Waals surface area contributed by atoms with Crippen molar-refractivity contribution in [2.75, 3.05) is 11.6 Å². The molecule has 0 aliphatic carbocycles. The average molecular weight is 453 g/mol. The molecule has 9 heteroatoms. The summed E-state index contributed by atoms with van der Waals surface area (Å²) in [6.07, 6.45) is 1.30. The minimum absolute atomic E-state index is 0.0131. The first-order chi connectivity index (χ1) is 14.1. The zero-order chi connectivity index (χ0) is 22.5. The van der Waals surface area contributed by atoms with E-state index in [0.717, 1.165) is 4.90 Å². The molecule has 0 bridgehead atoms. The van der Waals surface area contributed by atoms with E-state index in [9.17, 15) is 14.7 Å². The van der Waals surface area contributed by atoms with Gasteiger partial charge in [-0.05, 0) is 64.6 Å². The van der Waals surface area contributed by atoms with Crippen LogP contribution in [-0.4, -0.2) is 23.4 Å². The van der Waals surface area contributed by atoms with Crippen LogP contribution in [0, 0.1) is 17.0 Å². The fourth-order valence-corrected chi connectivity index (χ4v) is 5.64. The number of hydrogen-bond donors (Lipinski definition) is 1. The first-order valence-electron chi connectivity index (χ1n) is 9.67. The number of aryl methyl sites for hydroxylation is 1. The van der Waals surface area contributed by atoms with Gasteiger partial charge in [-0.3, -0.25) is 14.7 Å². The predicted octanol–water partition coefficient (Wildman–Crippen LogP) is 6.78. The average Bonchev–Trinajstić information content (AvgIpc) is 2.65. The monoisotopic (exact) mass is 452 g/mol. The third-order valence-corrected chi connectivity index (χ3v) is 7.41. The molecule has 2 aromatic rings. The van der Waals surface area contributed by atoms with Gasteiger partial charge in [0.15, 0.2) is 5.78 Å². The second-order valence-corrected chi connectivity index (χ2v) is 10.3. The quantitative estimate of drug-likeness (QED) is 0.184. The van der Waals surface area contributed by atoms with Gasteiger partial charge in [-0.1, -0.05) is 18.2 Å². The summed E-state index contributed by atoms with van der Waals surface area (Å²) in [4.78, 5) is 12.0. The van der Waals surface area contributed by atoms with Crippen molar-refractivity contribution < 1.29 is 18.5 Å². The summed E-state index contributed by atoms with van der Waals surface area (Å²) >= 11 is 1.60. The van der Waals surface area contributed by atoms with Crippen LogP contribution in [0.5, 0.6) is 0 Å². The number of nitrogens with one attached hydrogen (secondary N) is 1. The third-order valence-electron chi connectivity index (χ3n) is 4.17. The highest BCUT2D eigenvalue weighted by Gasteiger charge is 2.39. The molecule has 0 amide bonds. The molecule has 30 heavy (non-hydrogen) atoms. The minimum atomic E-state index is -3.69. The topological polar surface area (TPSA) is 90.7 Å². The van der Waals surface area contributed by atoms with Crippen LogP contribution in [0.2, 0.25) is 0 Å². The molecule has 2 aromatic carbocycles. The van der Waals surface area contributed by atoms with Crippen molar-refractivity contribution in [2.45, 2.75) is 57.5 Å². The zero-order valence-electron chi connectivity index (χ0n) is 18.1. The summed E-state index contributed by atoms with van der Waals surface area (Å²) in [7, 11) is -3.69. The molecule has 7 nitrogen and oxygen atoms in total. The summed E-state index contributed by atoms with van der Waals surface area (Å²) in [5.41, 5.74) is 1.71. The van der Waals surface area contributed by atoms with Crippen molar-refractivity contribution in [1.82, 2.24) is 0 Å². The third kappa shape index (κ3) is 6.32. The molecule has 0 fully saturated rings. The molecule has 0 spiro atoms. The van der Waals surface area contributed by atoms with E-state index in [4.69, 9.17) is 9.05 Å². The Kier molecular flexibility index (Phi) is 8.50. The number of benzene rings is 2. The summed E-state index contributed by atoms with van der Waals surface area (Å²) in [5, 5.41) is 14.5. The molecule has 0 aliphatic heterocycles. The first-order valence-corrected chi connectivity index (χ1v) is 12.5. The SMILES string of the molecule is CSc1ccc(C(Nc2ccc(C)c([N+](=O)[O-])c2)P(=O)(OC(C)C)OC(C)C)cc1. The van der Waals surface area contributed by atoms with Crippen molar-refractivity contribution in [2.24, 2.45) is 0 Å². The van der Waals surface area contributed by atoms with Gasteiger partial charge in [-0.15, -0.1) is 11.8 Å². The zero-order valence-corrected chi connectivity index (χ0v) is 19.8. The Morgan fingerprint density at radius 3 is 2.07 bits per heavy atom. The van der Waals surface area contributed by atoms with Gasteiger partial charge in [0.1, 0.15) is 0 Å². The Balaban J connectivity index is 2.55. The van der Waals surface area contributed by atoms with Gasteiger partial charge in [0, 0.05) is 22.2 Å². The number of thioether (sulfide) groups is 1. The lowest BCUT2D eigenvalue weighted by atomic mass is 10.1. The number of nitrogens with zero attached hydrogens (tertiary/aromatic N) is 1. The highest BCUT2D eigenvalue weighted by molar-refractivity contribution is 7.98. The van der Waals surface area contributed by atoms with Crippen LogP contribution >= 0.6 is 19.4 Å². The van der Waals surface area contributed by atoms with Crippen LogP contribution in [-0.2, 0) is 13.6 Å². The van der Waals surface area contributed by atoms with Gasteiger partial charge in [-0.25, -0.2) is 0 Å². The van der Waals surface area contributed by atoms with Gasteiger partial charge in [0.2, 0.25) is 0 Å². The second-order valence-electron chi connectivity index (χ2n) is 7.43. The molecule has 164 valence electrons. The minimum Gasteiger partial charge on any atom is -0.368 e. The van der Waals surface area contributed by atoms with Gasteiger partial charge in [0.25, 0.3) is 5.69 Å². The molecule has 2 rings (SSSR count). The van der Waals surface area contributed by atoms with Crippen LogP contribution in [0.3, 0.4) is 0 Å². The van der Waals surface area contributed by atoms with E-state index in [0.29, 0.717) is 16.8 Å². The first kappa shape index (κ1) is 24.4. The lowest BCUT2D eigenvalue weighted by Gasteiger charge is -2.31. The largest absolute Gasteiger partial charge is 0.368 e. The highest BCUT2D eigenvalue weighted by Crippen LogP contribution is 2.62. The lowest BCUT2D eigenvalue weighted by molar-refractivity contribution is -0.385. The van der Waals surface area contributed by atoms with Crippen LogP contribution in [0.25, 0.3) is 0 Å². The van der Waals surface area contributed by atoms with E-state index in [1.54, 1.807) is 58.5 Å². The number of hydrogen-bond acceptors (Lipinski definition) is 7. The molecule has 0 saturated heterocycles. The van der Waals surface area contributed by atoms with Gasteiger partial charge < -0.3 is 14.4 Å². The summed E-state index contributed by atoms with van der Waals surface area (Å²) in [6.45, 7) is 8.85. The summed E-state index contributed by atoms with van der Waals surface area (Å²) < 4.78 is 25.6. The number of rotatable bonds is 10. The molecule has 0 aromatic heterocycles. The van der Waals surface area contributed by atoms with E-state index in [1.165, 1.54) is 6.07 Å². The standard InChI is InChI=1S/C21H29N2O5PS/c1-14(2)27-29(26,28-15(3)4)21(17-8-11-19(30-6)12-9-17)22-18-10-7-16(5)20(13-18)23(24)25/h7-15,21-22H,1-6H3. The maximum atomic E-state index is 13.9. The molecule has 0 heterocycles.